The Morgan fingerprint density at radius 1 is 1.24 bits per heavy atom. The molecule has 25 heavy (non-hydrogen) atoms. The molecule has 0 bridgehead atoms. The summed E-state index contributed by atoms with van der Waals surface area (Å²) in [6, 6.07) is 9.21. The topological polar surface area (TPSA) is 75.7 Å². The van der Waals surface area contributed by atoms with Gasteiger partial charge in [0.25, 0.3) is 0 Å². The van der Waals surface area contributed by atoms with Crippen molar-refractivity contribution in [1.82, 2.24) is 4.90 Å². The van der Waals surface area contributed by atoms with E-state index in [1.165, 1.54) is 11.8 Å². The molecule has 1 aromatic rings. The van der Waals surface area contributed by atoms with Crippen LogP contribution in [0.2, 0.25) is 0 Å². The zero-order chi connectivity index (χ0) is 18.1. The van der Waals surface area contributed by atoms with E-state index in [9.17, 15) is 14.4 Å². The number of benzene rings is 1. The van der Waals surface area contributed by atoms with Gasteiger partial charge in [0.2, 0.25) is 11.8 Å². The Bertz CT molecular complexity index is 594. The molecule has 2 rings (SSSR count). The van der Waals surface area contributed by atoms with E-state index in [1.807, 2.05) is 30.3 Å². The van der Waals surface area contributed by atoms with E-state index in [0.717, 1.165) is 18.5 Å². The highest BCUT2D eigenvalue weighted by Crippen LogP contribution is 2.19. The quantitative estimate of drug-likeness (QED) is 0.751. The number of nitrogens with zero attached hydrogens (tertiary/aromatic N) is 1. The fourth-order valence-corrected chi connectivity index (χ4v) is 3.41. The molecule has 1 aliphatic rings. The van der Waals surface area contributed by atoms with Crippen molar-refractivity contribution in [2.45, 2.75) is 19.8 Å². The van der Waals surface area contributed by atoms with Gasteiger partial charge in [-0.3, -0.25) is 14.4 Å². The van der Waals surface area contributed by atoms with Gasteiger partial charge >= 0.3 is 5.97 Å². The van der Waals surface area contributed by atoms with Crippen molar-refractivity contribution < 1.29 is 19.1 Å². The van der Waals surface area contributed by atoms with Crippen LogP contribution in [0.15, 0.2) is 30.3 Å². The van der Waals surface area contributed by atoms with Crippen molar-refractivity contribution in [1.29, 1.82) is 0 Å². The minimum Gasteiger partial charge on any atom is -0.466 e. The molecular formula is C18H24N2O4S. The summed E-state index contributed by atoms with van der Waals surface area (Å²) >= 11 is 1.28. The van der Waals surface area contributed by atoms with E-state index in [-0.39, 0.29) is 35.2 Å². The maximum absolute atomic E-state index is 12.3. The van der Waals surface area contributed by atoms with Crippen LogP contribution in [-0.4, -0.2) is 53.9 Å². The number of ether oxygens (including phenoxy) is 1. The third kappa shape index (κ3) is 6.42. The van der Waals surface area contributed by atoms with Gasteiger partial charge in [0.05, 0.1) is 24.0 Å². The first-order chi connectivity index (χ1) is 12.1. The summed E-state index contributed by atoms with van der Waals surface area (Å²) in [6.45, 7) is 3.20. The molecule has 1 saturated heterocycles. The second-order valence-corrected chi connectivity index (χ2v) is 6.82. The summed E-state index contributed by atoms with van der Waals surface area (Å²) < 4.78 is 5.04. The number of thioether (sulfide) groups is 1. The number of carbonyl (C=O) groups excluding carboxylic acids is 3. The minimum atomic E-state index is -0.232. The fourth-order valence-electron chi connectivity index (χ4n) is 2.70. The van der Waals surface area contributed by atoms with Crippen molar-refractivity contribution in [2.24, 2.45) is 5.92 Å². The summed E-state index contributed by atoms with van der Waals surface area (Å²) in [5.74, 6) is -0.175. The average Bonchev–Trinajstić information content (AvgIpc) is 2.62. The molecule has 1 N–H and O–H groups in total. The molecule has 0 spiro atoms. The molecule has 1 aromatic carbocycles. The predicted octanol–water partition coefficient (Wildman–Crippen LogP) is 2.16. The number of amides is 2. The summed E-state index contributed by atoms with van der Waals surface area (Å²) in [4.78, 5) is 37.7. The SMILES string of the molecule is CCOC(=O)C1CCCN(C(=O)CSCC(=O)Nc2ccccc2)C1. The highest BCUT2D eigenvalue weighted by atomic mass is 32.2. The summed E-state index contributed by atoms with van der Waals surface area (Å²) in [7, 11) is 0. The first kappa shape index (κ1) is 19.3. The Morgan fingerprint density at radius 2 is 2.00 bits per heavy atom. The van der Waals surface area contributed by atoms with E-state index in [4.69, 9.17) is 4.74 Å². The molecule has 1 aliphatic heterocycles. The van der Waals surface area contributed by atoms with Gasteiger partial charge in [-0.1, -0.05) is 18.2 Å². The van der Waals surface area contributed by atoms with Crippen LogP contribution in [-0.2, 0) is 19.1 Å². The molecular weight excluding hydrogens is 340 g/mol. The van der Waals surface area contributed by atoms with Crippen LogP contribution in [0.5, 0.6) is 0 Å². The van der Waals surface area contributed by atoms with Gasteiger partial charge in [-0.25, -0.2) is 0 Å². The van der Waals surface area contributed by atoms with E-state index in [2.05, 4.69) is 5.32 Å². The Balaban J connectivity index is 1.70. The smallest absolute Gasteiger partial charge is 0.310 e. The normalized spacial score (nSPS) is 17.0. The molecule has 7 heteroatoms. The van der Waals surface area contributed by atoms with Gasteiger partial charge in [-0.15, -0.1) is 11.8 Å². The average molecular weight is 364 g/mol. The molecule has 1 fully saturated rings. The van der Waals surface area contributed by atoms with Crippen molar-refractivity contribution >= 4 is 35.2 Å². The number of para-hydroxylation sites is 1. The number of anilines is 1. The van der Waals surface area contributed by atoms with Crippen LogP contribution < -0.4 is 5.32 Å². The van der Waals surface area contributed by atoms with Crippen LogP contribution in [0.4, 0.5) is 5.69 Å². The number of hydrogen-bond acceptors (Lipinski definition) is 5. The van der Waals surface area contributed by atoms with Crippen LogP contribution in [0.3, 0.4) is 0 Å². The molecule has 1 atom stereocenters. The number of likely N-dealkylation sites (tertiary alicyclic amines) is 1. The van der Waals surface area contributed by atoms with Gasteiger partial charge in [0.1, 0.15) is 0 Å². The van der Waals surface area contributed by atoms with Crippen molar-refractivity contribution in [3.8, 4) is 0 Å². The third-order valence-corrected chi connectivity index (χ3v) is 4.83. The van der Waals surface area contributed by atoms with Crippen LogP contribution in [0.1, 0.15) is 19.8 Å². The molecule has 136 valence electrons. The van der Waals surface area contributed by atoms with Crippen molar-refractivity contribution in [2.75, 3.05) is 36.5 Å². The van der Waals surface area contributed by atoms with Gasteiger partial charge in [0.15, 0.2) is 0 Å². The first-order valence-corrected chi connectivity index (χ1v) is 9.62. The predicted molar refractivity (Wildman–Crippen MR) is 98.3 cm³/mol. The molecule has 0 aliphatic carbocycles. The van der Waals surface area contributed by atoms with Crippen LogP contribution >= 0.6 is 11.8 Å². The molecule has 1 unspecified atom stereocenters. The summed E-state index contributed by atoms with van der Waals surface area (Å²) in [5, 5.41) is 2.79. The second kappa shape index (κ2) is 10.1. The lowest BCUT2D eigenvalue weighted by atomic mass is 9.98. The minimum absolute atomic E-state index is 0.0356. The Hall–Kier alpha value is -2.02. The summed E-state index contributed by atoms with van der Waals surface area (Å²) in [6.07, 6.45) is 1.56. The standard InChI is InChI=1S/C18H24N2O4S/c1-2-24-18(23)14-7-6-10-20(11-14)17(22)13-25-12-16(21)19-15-8-4-3-5-9-15/h3-5,8-9,14H,2,6-7,10-13H2,1H3,(H,19,21). The number of hydrogen-bond donors (Lipinski definition) is 1. The molecule has 1 heterocycles. The number of rotatable bonds is 7. The Morgan fingerprint density at radius 3 is 2.72 bits per heavy atom. The monoisotopic (exact) mass is 364 g/mol. The van der Waals surface area contributed by atoms with Gasteiger partial charge in [0, 0.05) is 18.8 Å². The Labute approximate surface area is 152 Å². The number of nitrogens with one attached hydrogen (secondary N) is 1. The zero-order valence-electron chi connectivity index (χ0n) is 14.4. The molecule has 0 saturated carbocycles. The molecule has 0 aromatic heterocycles. The lowest BCUT2D eigenvalue weighted by molar-refractivity contribution is -0.151. The maximum atomic E-state index is 12.3. The van der Waals surface area contributed by atoms with E-state index >= 15 is 0 Å². The third-order valence-electron chi connectivity index (χ3n) is 3.91. The van der Waals surface area contributed by atoms with E-state index in [1.54, 1.807) is 11.8 Å². The highest BCUT2D eigenvalue weighted by molar-refractivity contribution is 8.00. The lowest BCUT2D eigenvalue weighted by Crippen LogP contribution is -2.43. The second-order valence-electron chi connectivity index (χ2n) is 5.84. The number of esters is 1. The number of carbonyl (C=O) groups is 3. The lowest BCUT2D eigenvalue weighted by Gasteiger charge is -2.31. The summed E-state index contributed by atoms with van der Waals surface area (Å²) in [5.41, 5.74) is 0.743. The molecule has 2 amide bonds. The van der Waals surface area contributed by atoms with Crippen molar-refractivity contribution in [3.05, 3.63) is 30.3 Å². The first-order valence-electron chi connectivity index (χ1n) is 8.47. The van der Waals surface area contributed by atoms with Crippen molar-refractivity contribution in [3.63, 3.8) is 0 Å². The van der Waals surface area contributed by atoms with Crippen LogP contribution in [0.25, 0.3) is 0 Å². The van der Waals surface area contributed by atoms with Gasteiger partial charge in [-0.2, -0.15) is 0 Å². The molecule has 6 nitrogen and oxygen atoms in total. The van der Waals surface area contributed by atoms with E-state index < -0.39 is 0 Å². The van der Waals surface area contributed by atoms with Gasteiger partial charge in [-0.05, 0) is 31.9 Å². The largest absolute Gasteiger partial charge is 0.466 e. The molecule has 0 radical (unpaired) electrons. The fraction of sp³-hybridized carbons (Fsp3) is 0.500. The van der Waals surface area contributed by atoms with Gasteiger partial charge < -0.3 is 15.0 Å². The highest BCUT2D eigenvalue weighted by Gasteiger charge is 2.29. The van der Waals surface area contributed by atoms with E-state index in [0.29, 0.717) is 19.7 Å². The maximum Gasteiger partial charge on any atom is 0.310 e. The Kier molecular flexibility index (Phi) is 7.78. The van der Waals surface area contributed by atoms with Crippen LogP contribution in [0, 0.1) is 5.92 Å². The zero-order valence-corrected chi connectivity index (χ0v) is 15.2. The number of piperidine rings is 1.